The molecule has 124 valence electrons. The van der Waals surface area contributed by atoms with Crippen LogP contribution in [-0.4, -0.2) is 20.6 Å². The zero-order valence-electron chi connectivity index (χ0n) is 12.8. The van der Waals surface area contributed by atoms with Crippen LogP contribution in [0.4, 0.5) is 10.7 Å². The van der Waals surface area contributed by atoms with Gasteiger partial charge < -0.3 is 5.32 Å². The first kappa shape index (κ1) is 16.1. The molecule has 1 N–H and O–H groups in total. The number of nitrogens with zero attached hydrogens (tertiary/aromatic N) is 4. The van der Waals surface area contributed by atoms with Crippen molar-refractivity contribution in [3.05, 3.63) is 38.5 Å². The van der Waals surface area contributed by atoms with Crippen LogP contribution >= 0.6 is 11.3 Å². The Morgan fingerprint density at radius 2 is 2.25 bits per heavy atom. The molecule has 2 heterocycles. The van der Waals surface area contributed by atoms with E-state index in [1.54, 1.807) is 0 Å². The smallest absolute Gasteiger partial charge is 0.307 e. The average molecular weight is 345 g/mol. The Labute approximate surface area is 141 Å². The molecule has 1 amide bonds. The second-order valence-electron chi connectivity index (χ2n) is 5.58. The van der Waals surface area contributed by atoms with Crippen molar-refractivity contribution in [3.8, 4) is 6.07 Å². The van der Waals surface area contributed by atoms with E-state index in [1.807, 2.05) is 0 Å². The number of anilines is 1. The Kier molecular flexibility index (Phi) is 4.57. The van der Waals surface area contributed by atoms with E-state index in [9.17, 15) is 20.2 Å². The Bertz CT molecular complexity index is 833. The van der Waals surface area contributed by atoms with Gasteiger partial charge in [0.15, 0.2) is 0 Å². The fourth-order valence-electron chi connectivity index (χ4n) is 2.80. The predicted molar refractivity (Wildman–Crippen MR) is 87.8 cm³/mol. The minimum Gasteiger partial charge on any atom is -0.315 e. The maximum Gasteiger partial charge on any atom is 0.307 e. The number of nitrogens with one attached hydrogen (secondary N) is 1. The molecule has 0 bridgehead atoms. The van der Waals surface area contributed by atoms with Crippen molar-refractivity contribution >= 4 is 27.9 Å². The summed E-state index contributed by atoms with van der Waals surface area (Å²) in [7, 11) is 0. The summed E-state index contributed by atoms with van der Waals surface area (Å²) in [5.41, 5.74) is 1.45. The number of hydrogen-bond acceptors (Lipinski definition) is 6. The molecular weight excluding hydrogens is 330 g/mol. The lowest BCUT2D eigenvalue weighted by Gasteiger charge is -2.04. The average Bonchev–Trinajstić information content (AvgIpc) is 3.05. The van der Waals surface area contributed by atoms with Gasteiger partial charge in [0.2, 0.25) is 5.91 Å². The van der Waals surface area contributed by atoms with Crippen LogP contribution in [0.1, 0.15) is 35.3 Å². The summed E-state index contributed by atoms with van der Waals surface area (Å²) in [5.74, 6) is -0.360. The number of fused-ring (bicyclic) bond motifs is 1. The van der Waals surface area contributed by atoms with Crippen molar-refractivity contribution in [2.45, 2.75) is 38.6 Å². The molecule has 0 saturated carbocycles. The molecule has 8 nitrogen and oxygen atoms in total. The van der Waals surface area contributed by atoms with Crippen LogP contribution in [0.15, 0.2) is 12.4 Å². The van der Waals surface area contributed by atoms with Gasteiger partial charge in [-0.15, -0.1) is 11.3 Å². The molecule has 0 unspecified atom stereocenters. The summed E-state index contributed by atoms with van der Waals surface area (Å²) < 4.78 is 1.21. The van der Waals surface area contributed by atoms with E-state index in [-0.39, 0.29) is 18.1 Å². The van der Waals surface area contributed by atoms with Gasteiger partial charge in [0.1, 0.15) is 30.0 Å². The molecule has 2 aromatic rings. The largest absolute Gasteiger partial charge is 0.315 e. The minimum absolute atomic E-state index is 0.138. The number of nitriles is 1. The summed E-state index contributed by atoms with van der Waals surface area (Å²) in [6, 6.07) is 2.20. The van der Waals surface area contributed by atoms with E-state index in [0.29, 0.717) is 10.6 Å². The van der Waals surface area contributed by atoms with Crippen LogP contribution in [0.2, 0.25) is 0 Å². The molecule has 0 atom stereocenters. The first-order valence-electron chi connectivity index (χ1n) is 7.60. The number of amides is 1. The van der Waals surface area contributed by atoms with Crippen LogP contribution in [0.3, 0.4) is 0 Å². The molecule has 0 spiro atoms. The quantitative estimate of drug-likeness (QED) is 0.520. The third kappa shape index (κ3) is 3.28. The number of carbonyl (C=O) groups is 1. The molecular formula is C15H15N5O3S. The third-order valence-corrected chi connectivity index (χ3v) is 5.13. The summed E-state index contributed by atoms with van der Waals surface area (Å²) in [4.78, 5) is 23.4. The van der Waals surface area contributed by atoms with E-state index in [4.69, 9.17) is 0 Å². The number of thiophene rings is 1. The molecule has 0 saturated heterocycles. The van der Waals surface area contributed by atoms with Crippen molar-refractivity contribution in [2.75, 3.05) is 5.32 Å². The zero-order chi connectivity index (χ0) is 17.1. The van der Waals surface area contributed by atoms with E-state index in [0.717, 1.165) is 43.9 Å². The number of rotatable bonds is 4. The van der Waals surface area contributed by atoms with Gasteiger partial charge in [-0.05, 0) is 31.2 Å². The van der Waals surface area contributed by atoms with E-state index in [2.05, 4.69) is 16.5 Å². The maximum atomic E-state index is 12.2. The third-order valence-electron chi connectivity index (χ3n) is 3.92. The first-order chi connectivity index (χ1) is 11.6. The van der Waals surface area contributed by atoms with Gasteiger partial charge >= 0.3 is 5.69 Å². The second kappa shape index (κ2) is 6.80. The lowest BCUT2D eigenvalue weighted by Crippen LogP contribution is -2.19. The predicted octanol–water partition coefficient (Wildman–Crippen LogP) is 2.63. The summed E-state index contributed by atoms with van der Waals surface area (Å²) in [6.45, 7) is -0.138. The zero-order valence-corrected chi connectivity index (χ0v) is 13.6. The van der Waals surface area contributed by atoms with E-state index < -0.39 is 4.92 Å². The monoisotopic (exact) mass is 345 g/mol. The van der Waals surface area contributed by atoms with Crippen molar-refractivity contribution in [2.24, 2.45) is 0 Å². The molecule has 9 heteroatoms. The van der Waals surface area contributed by atoms with E-state index >= 15 is 0 Å². The highest BCUT2D eigenvalue weighted by Gasteiger charge is 2.21. The highest BCUT2D eigenvalue weighted by molar-refractivity contribution is 7.16. The molecule has 0 aliphatic heterocycles. The fourth-order valence-corrected chi connectivity index (χ4v) is 4.05. The molecule has 0 radical (unpaired) electrons. The van der Waals surface area contributed by atoms with Crippen molar-refractivity contribution in [1.82, 2.24) is 9.78 Å². The molecule has 0 aromatic carbocycles. The molecule has 0 fully saturated rings. The Balaban J connectivity index is 1.74. The number of hydrogen-bond donors (Lipinski definition) is 1. The first-order valence-corrected chi connectivity index (χ1v) is 8.41. The minimum atomic E-state index is -0.564. The number of aryl methyl sites for hydroxylation is 1. The molecule has 3 rings (SSSR count). The topological polar surface area (TPSA) is 114 Å². The van der Waals surface area contributed by atoms with Crippen LogP contribution in [0.5, 0.6) is 0 Å². The molecule has 24 heavy (non-hydrogen) atoms. The van der Waals surface area contributed by atoms with Gasteiger partial charge in [0.25, 0.3) is 0 Å². The maximum absolute atomic E-state index is 12.2. The number of carbonyl (C=O) groups excluding carboxylic acids is 1. The lowest BCUT2D eigenvalue weighted by molar-refractivity contribution is -0.385. The Hall–Kier alpha value is -2.73. The van der Waals surface area contributed by atoms with Gasteiger partial charge in [-0.1, -0.05) is 6.42 Å². The van der Waals surface area contributed by atoms with Gasteiger partial charge in [-0.3, -0.25) is 19.6 Å². The Morgan fingerprint density at radius 1 is 1.46 bits per heavy atom. The van der Waals surface area contributed by atoms with Crippen molar-refractivity contribution in [3.63, 3.8) is 0 Å². The SMILES string of the molecule is N#Cc1c(NC(=O)Cn2cc([N+](=O)[O-])cn2)sc2c1CCCCC2. The normalized spacial score (nSPS) is 13.6. The lowest BCUT2D eigenvalue weighted by atomic mass is 10.1. The second-order valence-corrected chi connectivity index (χ2v) is 6.69. The summed E-state index contributed by atoms with van der Waals surface area (Å²) in [6.07, 6.45) is 7.43. The molecule has 2 aromatic heterocycles. The highest BCUT2D eigenvalue weighted by Crippen LogP contribution is 2.36. The highest BCUT2D eigenvalue weighted by atomic mass is 32.1. The Morgan fingerprint density at radius 3 is 2.96 bits per heavy atom. The number of nitro groups is 1. The van der Waals surface area contributed by atoms with Crippen LogP contribution in [0.25, 0.3) is 0 Å². The van der Waals surface area contributed by atoms with Gasteiger partial charge in [-0.2, -0.15) is 10.4 Å². The van der Waals surface area contributed by atoms with Gasteiger partial charge in [0.05, 0.1) is 10.5 Å². The van der Waals surface area contributed by atoms with Gasteiger partial charge in [-0.25, -0.2) is 0 Å². The van der Waals surface area contributed by atoms with E-state index in [1.165, 1.54) is 27.1 Å². The molecule has 1 aliphatic rings. The number of aromatic nitrogens is 2. The summed E-state index contributed by atoms with van der Waals surface area (Å²) in [5, 5.41) is 27.2. The molecule has 1 aliphatic carbocycles. The van der Waals surface area contributed by atoms with Crippen LogP contribution in [0, 0.1) is 21.4 Å². The van der Waals surface area contributed by atoms with Crippen molar-refractivity contribution in [1.29, 1.82) is 5.26 Å². The van der Waals surface area contributed by atoms with Crippen LogP contribution in [-0.2, 0) is 24.2 Å². The standard InChI is InChI=1S/C15H15N5O3S/c16-6-12-11-4-2-1-3-5-13(11)24-15(12)18-14(21)9-19-8-10(7-17-19)20(22)23/h7-8H,1-5,9H2,(H,18,21). The fraction of sp³-hybridized carbons (Fsp3) is 0.400. The summed E-state index contributed by atoms with van der Waals surface area (Å²) >= 11 is 1.46. The van der Waals surface area contributed by atoms with Crippen LogP contribution < -0.4 is 5.32 Å². The van der Waals surface area contributed by atoms with Gasteiger partial charge in [0, 0.05) is 4.88 Å². The van der Waals surface area contributed by atoms with Crippen molar-refractivity contribution < 1.29 is 9.72 Å².